The van der Waals surface area contributed by atoms with Crippen LogP contribution >= 0.6 is 0 Å². The van der Waals surface area contributed by atoms with Crippen molar-refractivity contribution in [3.8, 4) is 0 Å². The highest BCUT2D eigenvalue weighted by atomic mass is 32.2. The summed E-state index contributed by atoms with van der Waals surface area (Å²) in [5.41, 5.74) is 0.899. The maximum Gasteiger partial charge on any atom is 0.267 e. The van der Waals surface area contributed by atoms with Gasteiger partial charge in [-0.15, -0.1) is 0 Å². The Kier molecular flexibility index (Phi) is 5.35. The van der Waals surface area contributed by atoms with Crippen molar-refractivity contribution in [1.82, 2.24) is 19.4 Å². The SMILES string of the molecule is CC(C)c1noc2c(C(F)F)cc3cnc(NC4CCN(S(C)(=O)=O)CC4)nc3c12. The summed E-state index contributed by atoms with van der Waals surface area (Å²) in [6, 6.07) is 1.36. The van der Waals surface area contributed by atoms with Crippen LogP contribution in [0, 0.1) is 0 Å². The first-order valence-corrected chi connectivity index (χ1v) is 11.6. The molecule has 0 spiro atoms. The van der Waals surface area contributed by atoms with Crippen LogP contribution < -0.4 is 5.32 Å². The summed E-state index contributed by atoms with van der Waals surface area (Å²) in [6.07, 6.45) is 1.26. The number of aromatic nitrogens is 3. The van der Waals surface area contributed by atoms with E-state index in [1.807, 2.05) is 13.8 Å². The number of fused-ring (bicyclic) bond motifs is 3. The number of sulfonamides is 1. The quantitative estimate of drug-likeness (QED) is 0.647. The van der Waals surface area contributed by atoms with Gasteiger partial charge in [-0.1, -0.05) is 19.0 Å². The highest BCUT2D eigenvalue weighted by molar-refractivity contribution is 7.88. The fourth-order valence-corrected chi connectivity index (χ4v) is 4.67. The number of hydrogen-bond donors (Lipinski definition) is 1. The van der Waals surface area contributed by atoms with Crippen molar-refractivity contribution in [2.75, 3.05) is 24.7 Å². The van der Waals surface area contributed by atoms with Crippen LogP contribution in [0.5, 0.6) is 0 Å². The van der Waals surface area contributed by atoms with Gasteiger partial charge in [-0.25, -0.2) is 31.5 Å². The average molecular weight is 439 g/mol. The molecule has 0 saturated carbocycles. The molecule has 8 nitrogen and oxygen atoms in total. The van der Waals surface area contributed by atoms with Gasteiger partial charge in [0.25, 0.3) is 6.43 Å². The van der Waals surface area contributed by atoms with Crippen molar-refractivity contribution >= 4 is 37.8 Å². The predicted molar refractivity (Wildman–Crippen MR) is 109 cm³/mol. The van der Waals surface area contributed by atoms with Gasteiger partial charge < -0.3 is 9.84 Å². The molecule has 3 heterocycles. The Balaban J connectivity index is 1.70. The number of anilines is 1. The lowest BCUT2D eigenvalue weighted by Crippen LogP contribution is -2.42. The van der Waals surface area contributed by atoms with Gasteiger partial charge >= 0.3 is 0 Å². The topological polar surface area (TPSA) is 101 Å². The number of alkyl halides is 2. The third kappa shape index (κ3) is 3.83. The molecule has 0 radical (unpaired) electrons. The van der Waals surface area contributed by atoms with Crippen LogP contribution in [0.3, 0.4) is 0 Å². The van der Waals surface area contributed by atoms with Gasteiger partial charge in [-0.2, -0.15) is 0 Å². The molecule has 0 atom stereocenters. The first-order chi connectivity index (χ1) is 14.1. The van der Waals surface area contributed by atoms with Crippen LogP contribution in [-0.4, -0.2) is 53.2 Å². The van der Waals surface area contributed by atoms with Crippen LogP contribution in [0.25, 0.3) is 21.9 Å². The number of nitrogens with zero attached hydrogens (tertiary/aromatic N) is 4. The number of rotatable bonds is 5. The van der Waals surface area contributed by atoms with E-state index < -0.39 is 16.4 Å². The second kappa shape index (κ2) is 7.69. The van der Waals surface area contributed by atoms with Gasteiger partial charge in [-0.05, 0) is 24.8 Å². The Morgan fingerprint density at radius 3 is 2.57 bits per heavy atom. The van der Waals surface area contributed by atoms with Gasteiger partial charge in [0.05, 0.1) is 28.4 Å². The first kappa shape index (κ1) is 20.9. The molecule has 1 fully saturated rings. The van der Waals surface area contributed by atoms with E-state index in [0.29, 0.717) is 53.9 Å². The average Bonchev–Trinajstić information content (AvgIpc) is 3.12. The Bertz CT molecular complexity index is 1190. The summed E-state index contributed by atoms with van der Waals surface area (Å²) in [5, 5.41) is 8.23. The molecule has 4 rings (SSSR count). The molecule has 1 aliphatic rings. The molecule has 2 aromatic heterocycles. The molecule has 0 amide bonds. The first-order valence-electron chi connectivity index (χ1n) is 9.74. The Morgan fingerprint density at radius 1 is 1.27 bits per heavy atom. The summed E-state index contributed by atoms with van der Waals surface area (Å²) < 4.78 is 57.2. The molecule has 1 saturated heterocycles. The minimum Gasteiger partial charge on any atom is -0.355 e. The van der Waals surface area contributed by atoms with E-state index in [9.17, 15) is 17.2 Å². The minimum atomic E-state index is -3.20. The van der Waals surface area contributed by atoms with E-state index in [2.05, 4.69) is 20.4 Å². The normalized spacial score (nSPS) is 16.9. The number of piperidine rings is 1. The highest BCUT2D eigenvalue weighted by Crippen LogP contribution is 2.37. The van der Waals surface area contributed by atoms with Crippen LogP contribution in [-0.2, 0) is 10.0 Å². The lowest BCUT2D eigenvalue weighted by Gasteiger charge is -2.30. The number of benzene rings is 1. The van der Waals surface area contributed by atoms with Gasteiger partial charge in [-0.3, -0.25) is 0 Å². The van der Waals surface area contributed by atoms with E-state index in [4.69, 9.17) is 4.52 Å². The molecule has 30 heavy (non-hydrogen) atoms. The molecule has 1 N–H and O–H groups in total. The molecule has 0 unspecified atom stereocenters. The van der Waals surface area contributed by atoms with E-state index in [-0.39, 0.29) is 23.1 Å². The molecule has 0 aliphatic carbocycles. The van der Waals surface area contributed by atoms with E-state index in [1.54, 1.807) is 0 Å². The molecular weight excluding hydrogens is 416 g/mol. The van der Waals surface area contributed by atoms with Crippen LogP contribution in [0.1, 0.15) is 50.3 Å². The lowest BCUT2D eigenvalue weighted by molar-refractivity contribution is 0.151. The van der Waals surface area contributed by atoms with Crippen molar-refractivity contribution in [3.05, 3.63) is 23.5 Å². The van der Waals surface area contributed by atoms with Gasteiger partial charge in [0.15, 0.2) is 5.58 Å². The van der Waals surface area contributed by atoms with Gasteiger partial charge in [0.1, 0.15) is 0 Å². The monoisotopic (exact) mass is 439 g/mol. The summed E-state index contributed by atoms with van der Waals surface area (Å²) in [4.78, 5) is 8.87. The molecular formula is C19H23F2N5O3S. The van der Waals surface area contributed by atoms with E-state index in [1.165, 1.54) is 22.8 Å². The van der Waals surface area contributed by atoms with Crippen LogP contribution in [0.15, 0.2) is 16.8 Å². The van der Waals surface area contributed by atoms with Gasteiger partial charge in [0, 0.05) is 30.7 Å². The minimum absolute atomic E-state index is 0.0170. The smallest absolute Gasteiger partial charge is 0.267 e. The third-order valence-corrected chi connectivity index (χ3v) is 6.69. The molecule has 1 aromatic carbocycles. The standard InChI is InChI=1S/C19H23F2N5O3S/c1-10(2)15-14-16-11(8-13(18(20)21)17(14)29-25-15)9-22-19(24-16)23-12-4-6-26(7-5-12)30(3,27)28/h8-10,12,18H,4-7H2,1-3H3,(H,22,23,24). The van der Waals surface area contributed by atoms with Crippen molar-refractivity contribution in [3.63, 3.8) is 0 Å². The molecule has 162 valence electrons. The largest absolute Gasteiger partial charge is 0.355 e. The molecule has 1 aliphatic heterocycles. The Labute approximate surface area is 172 Å². The summed E-state index contributed by atoms with van der Waals surface area (Å²) in [6.45, 7) is 4.67. The third-order valence-electron chi connectivity index (χ3n) is 5.38. The van der Waals surface area contributed by atoms with E-state index in [0.717, 1.165) is 0 Å². The predicted octanol–water partition coefficient (Wildman–Crippen LogP) is 3.67. The van der Waals surface area contributed by atoms with Crippen molar-refractivity contribution in [1.29, 1.82) is 0 Å². The second-order valence-electron chi connectivity index (χ2n) is 7.91. The summed E-state index contributed by atoms with van der Waals surface area (Å²) in [5.74, 6) is 0.330. The lowest BCUT2D eigenvalue weighted by atomic mass is 10.0. The zero-order valence-corrected chi connectivity index (χ0v) is 17.7. The number of halogens is 2. The fraction of sp³-hybridized carbons (Fsp3) is 0.526. The van der Waals surface area contributed by atoms with E-state index >= 15 is 0 Å². The maximum absolute atomic E-state index is 13.6. The zero-order chi connectivity index (χ0) is 21.6. The highest BCUT2D eigenvalue weighted by Gasteiger charge is 2.26. The van der Waals surface area contributed by atoms with Crippen LogP contribution in [0.2, 0.25) is 0 Å². The zero-order valence-electron chi connectivity index (χ0n) is 16.9. The number of nitrogens with one attached hydrogen (secondary N) is 1. The Morgan fingerprint density at radius 2 is 1.97 bits per heavy atom. The summed E-state index contributed by atoms with van der Waals surface area (Å²) in [7, 11) is -3.20. The molecule has 11 heteroatoms. The summed E-state index contributed by atoms with van der Waals surface area (Å²) >= 11 is 0. The van der Waals surface area contributed by atoms with Crippen LogP contribution in [0.4, 0.5) is 14.7 Å². The molecule has 3 aromatic rings. The van der Waals surface area contributed by atoms with Crippen molar-refractivity contribution in [2.24, 2.45) is 0 Å². The molecule has 0 bridgehead atoms. The van der Waals surface area contributed by atoms with Crippen molar-refractivity contribution < 1.29 is 21.7 Å². The second-order valence-corrected chi connectivity index (χ2v) is 9.89. The fourth-order valence-electron chi connectivity index (χ4n) is 3.80. The van der Waals surface area contributed by atoms with Gasteiger partial charge in [0.2, 0.25) is 16.0 Å². The maximum atomic E-state index is 13.6. The van der Waals surface area contributed by atoms with Crippen molar-refractivity contribution in [2.45, 2.75) is 45.1 Å². The number of hydrogen-bond acceptors (Lipinski definition) is 7. The Hall–Kier alpha value is -2.40.